The molecule has 2 aliphatic heterocycles. The maximum absolute atomic E-state index is 12.7. The highest BCUT2D eigenvalue weighted by atomic mass is 16.2. The van der Waals surface area contributed by atoms with Crippen molar-refractivity contribution in [3.63, 3.8) is 0 Å². The first-order valence-corrected chi connectivity index (χ1v) is 8.68. The SMILES string of the molecule is Cc1ccc(C2=C3C(=O)NC(c4ccc(C=O)c(C=O)c4)=C3C(=O)N2)cc1C. The molecule has 2 amide bonds. The van der Waals surface area contributed by atoms with E-state index in [1.807, 2.05) is 32.0 Å². The first-order chi connectivity index (χ1) is 13.4. The van der Waals surface area contributed by atoms with Crippen molar-refractivity contribution in [2.75, 3.05) is 0 Å². The summed E-state index contributed by atoms with van der Waals surface area (Å²) in [5, 5.41) is 5.53. The number of hydrogen-bond acceptors (Lipinski definition) is 4. The van der Waals surface area contributed by atoms with Crippen LogP contribution < -0.4 is 10.6 Å². The molecule has 28 heavy (non-hydrogen) atoms. The van der Waals surface area contributed by atoms with Crippen LogP contribution in [0.25, 0.3) is 11.4 Å². The molecule has 2 aromatic carbocycles. The Balaban J connectivity index is 1.89. The minimum atomic E-state index is -0.385. The number of fused-ring (bicyclic) bond motifs is 1. The second kappa shape index (κ2) is 6.42. The second-order valence-corrected chi connectivity index (χ2v) is 6.79. The third-order valence-corrected chi connectivity index (χ3v) is 5.11. The Morgan fingerprint density at radius 3 is 1.75 bits per heavy atom. The van der Waals surface area contributed by atoms with Crippen molar-refractivity contribution in [3.05, 3.63) is 80.9 Å². The average molecular weight is 372 g/mol. The number of carbonyl (C=O) groups excluding carboxylic acids is 4. The molecule has 2 heterocycles. The van der Waals surface area contributed by atoms with Crippen LogP contribution >= 0.6 is 0 Å². The third-order valence-electron chi connectivity index (χ3n) is 5.11. The Morgan fingerprint density at radius 1 is 0.679 bits per heavy atom. The number of hydrogen-bond donors (Lipinski definition) is 2. The van der Waals surface area contributed by atoms with Crippen molar-refractivity contribution in [2.24, 2.45) is 0 Å². The van der Waals surface area contributed by atoms with Gasteiger partial charge in [-0.15, -0.1) is 0 Å². The molecular formula is C22H16N2O4. The van der Waals surface area contributed by atoms with Crippen LogP contribution in [-0.4, -0.2) is 24.4 Å². The van der Waals surface area contributed by atoms with Gasteiger partial charge >= 0.3 is 0 Å². The maximum Gasteiger partial charge on any atom is 0.258 e. The van der Waals surface area contributed by atoms with Crippen molar-refractivity contribution in [2.45, 2.75) is 13.8 Å². The van der Waals surface area contributed by atoms with Crippen LogP contribution in [0.15, 0.2) is 47.5 Å². The zero-order valence-corrected chi connectivity index (χ0v) is 15.3. The molecule has 6 nitrogen and oxygen atoms in total. The van der Waals surface area contributed by atoms with Gasteiger partial charge in [0.1, 0.15) is 0 Å². The molecule has 0 unspecified atom stereocenters. The van der Waals surface area contributed by atoms with Crippen LogP contribution in [0.5, 0.6) is 0 Å². The summed E-state index contributed by atoms with van der Waals surface area (Å²) in [5.74, 6) is -0.771. The molecule has 0 fully saturated rings. The number of amides is 2. The molecule has 2 aliphatic rings. The third kappa shape index (κ3) is 2.58. The molecule has 2 aromatic rings. The number of rotatable bonds is 4. The fourth-order valence-electron chi connectivity index (χ4n) is 3.45. The zero-order valence-electron chi connectivity index (χ0n) is 15.3. The van der Waals surface area contributed by atoms with Crippen molar-refractivity contribution in [3.8, 4) is 0 Å². The first kappa shape index (κ1) is 17.6. The molecule has 4 rings (SSSR count). The fourth-order valence-corrected chi connectivity index (χ4v) is 3.45. The van der Waals surface area contributed by atoms with E-state index in [2.05, 4.69) is 10.6 Å². The lowest BCUT2D eigenvalue weighted by Gasteiger charge is -2.09. The van der Waals surface area contributed by atoms with E-state index in [4.69, 9.17) is 0 Å². The van der Waals surface area contributed by atoms with Gasteiger partial charge in [-0.05, 0) is 48.2 Å². The maximum atomic E-state index is 12.7. The number of benzene rings is 2. The number of aldehydes is 2. The fraction of sp³-hybridized carbons (Fsp3) is 0.0909. The summed E-state index contributed by atoms with van der Waals surface area (Å²) in [5.41, 5.74) is 5.18. The quantitative estimate of drug-likeness (QED) is 0.806. The molecule has 0 spiro atoms. The predicted octanol–water partition coefficient (Wildman–Crippen LogP) is 2.31. The molecule has 0 aliphatic carbocycles. The van der Waals surface area contributed by atoms with Gasteiger partial charge in [0.25, 0.3) is 11.8 Å². The summed E-state index contributed by atoms with van der Waals surface area (Å²) >= 11 is 0. The van der Waals surface area contributed by atoms with Gasteiger partial charge in [0.2, 0.25) is 0 Å². The molecular weight excluding hydrogens is 356 g/mol. The average Bonchev–Trinajstić information content (AvgIpc) is 3.22. The molecule has 0 saturated heterocycles. The smallest absolute Gasteiger partial charge is 0.258 e. The van der Waals surface area contributed by atoms with Gasteiger partial charge in [0, 0.05) is 11.1 Å². The molecule has 0 atom stereocenters. The van der Waals surface area contributed by atoms with Crippen LogP contribution in [0.3, 0.4) is 0 Å². The van der Waals surface area contributed by atoms with E-state index in [1.165, 1.54) is 12.1 Å². The van der Waals surface area contributed by atoms with Gasteiger partial charge < -0.3 is 10.6 Å². The van der Waals surface area contributed by atoms with E-state index < -0.39 is 0 Å². The van der Waals surface area contributed by atoms with Crippen molar-refractivity contribution in [1.29, 1.82) is 0 Å². The Labute approximate surface area is 160 Å². The number of nitrogens with one attached hydrogen (secondary N) is 2. The highest BCUT2D eigenvalue weighted by molar-refractivity contribution is 6.30. The van der Waals surface area contributed by atoms with Gasteiger partial charge in [-0.2, -0.15) is 0 Å². The predicted molar refractivity (Wildman–Crippen MR) is 103 cm³/mol. The largest absolute Gasteiger partial charge is 0.321 e. The van der Waals surface area contributed by atoms with E-state index in [9.17, 15) is 19.2 Å². The van der Waals surface area contributed by atoms with Crippen LogP contribution in [-0.2, 0) is 9.59 Å². The number of carbonyl (C=O) groups is 4. The highest BCUT2D eigenvalue weighted by Gasteiger charge is 2.40. The van der Waals surface area contributed by atoms with Crippen molar-refractivity contribution in [1.82, 2.24) is 10.6 Å². The molecule has 2 N–H and O–H groups in total. The summed E-state index contributed by atoms with van der Waals surface area (Å²) in [6, 6.07) is 10.3. The molecule has 0 bridgehead atoms. The van der Waals surface area contributed by atoms with E-state index in [-0.39, 0.29) is 34.1 Å². The summed E-state index contributed by atoms with van der Waals surface area (Å²) in [6.45, 7) is 3.96. The normalized spacial score (nSPS) is 15.5. The zero-order chi connectivity index (χ0) is 20.0. The Hall–Kier alpha value is -3.80. The van der Waals surface area contributed by atoms with Gasteiger partial charge in [-0.3, -0.25) is 19.2 Å². The Kier molecular flexibility index (Phi) is 4.04. The van der Waals surface area contributed by atoms with E-state index >= 15 is 0 Å². The van der Waals surface area contributed by atoms with Crippen LogP contribution in [0, 0.1) is 13.8 Å². The van der Waals surface area contributed by atoms with Gasteiger partial charge in [0.15, 0.2) is 12.6 Å². The molecule has 138 valence electrons. The highest BCUT2D eigenvalue weighted by Crippen LogP contribution is 2.37. The molecule has 0 aromatic heterocycles. The van der Waals surface area contributed by atoms with E-state index in [1.54, 1.807) is 6.07 Å². The molecule has 0 radical (unpaired) electrons. The van der Waals surface area contributed by atoms with E-state index in [0.717, 1.165) is 16.7 Å². The second-order valence-electron chi connectivity index (χ2n) is 6.79. The summed E-state index contributed by atoms with van der Waals surface area (Å²) < 4.78 is 0. The van der Waals surface area contributed by atoms with Gasteiger partial charge in [0.05, 0.1) is 22.5 Å². The van der Waals surface area contributed by atoms with Crippen LogP contribution in [0.1, 0.15) is 43.0 Å². The lowest BCUT2D eigenvalue weighted by molar-refractivity contribution is -0.117. The van der Waals surface area contributed by atoms with E-state index in [0.29, 0.717) is 29.5 Å². The number of aryl methyl sites for hydroxylation is 2. The molecule has 6 heteroatoms. The Morgan fingerprint density at radius 2 is 1.21 bits per heavy atom. The van der Waals surface area contributed by atoms with Crippen molar-refractivity contribution < 1.29 is 19.2 Å². The molecule has 0 saturated carbocycles. The van der Waals surface area contributed by atoms with Gasteiger partial charge in [-0.25, -0.2) is 0 Å². The van der Waals surface area contributed by atoms with Crippen LogP contribution in [0.2, 0.25) is 0 Å². The van der Waals surface area contributed by atoms with Crippen LogP contribution in [0.4, 0.5) is 0 Å². The van der Waals surface area contributed by atoms with Gasteiger partial charge in [-0.1, -0.05) is 24.3 Å². The Bertz CT molecular complexity index is 1160. The standard InChI is InChI=1S/C22H16N2O4/c1-11-3-4-13(7-12(11)2)19-17-18(22(28)23-19)20(24-21(17)27)14-5-6-15(9-25)16(8-14)10-26/h3-10H,1-2H3,(H,23,28)(H,24,27). The lowest BCUT2D eigenvalue weighted by atomic mass is 9.98. The summed E-state index contributed by atoms with van der Waals surface area (Å²) in [7, 11) is 0. The first-order valence-electron chi connectivity index (χ1n) is 8.68. The van der Waals surface area contributed by atoms with Crippen molar-refractivity contribution >= 4 is 35.8 Å². The topological polar surface area (TPSA) is 92.3 Å². The minimum Gasteiger partial charge on any atom is -0.321 e. The summed E-state index contributed by atoms with van der Waals surface area (Å²) in [6.07, 6.45) is 1.16. The monoisotopic (exact) mass is 372 g/mol. The summed E-state index contributed by atoms with van der Waals surface area (Å²) in [4.78, 5) is 47.6. The minimum absolute atomic E-state index is 0.195. The lowest BCUT2D eigenvalue weighted by Crippen LogP contribution is -2.21.